The number of nitrogens with zero attached hydrogens (tertiary/aromatic N) is 6. The van der Waals surface area contributed by atoms with E-state index in [0.717, 1.165) is 23.8 Å². The molecule has 73 heavy (non-hydrogen) atoms. The van der Waals surface area contributed by atoms with E-state index in [1.807, 2.05) is 0 Å². The first-order chi connectivity index (χ1) is 34.4. The number of esters is 1. The van der Waals surface area contributed by atoms with Gasteiger partial charge in [-0.15, -0.1) is 0 Å². The molecule has 0 radical (unpaired) electrons. The Bertz CT molecular complexity index is 2940. The van der Waals surface area contributed by atoms with Gasteiger partial charge < -0.3 is 75.6 Å². The number of rotatable bonds is 7. The topological polar surface area (TPSA) is 356 Å². The zero-order chi connectivity index (χ0) is 53.7. The number of hydrogen-bond donors (Lipinski definition) is 10. The van der Waals surface area contributed by atoms with E-state index < -0.39 is 142 Å². The van der Waals surface area contributed by atoms with Gasteiger partial charge in [0.2, 0.25) is 5.95 Å². The van der Waals surface area contributed by atoms with E-state index in [4.69, 9.17) is 29.4 Å². The van der Waals surface area contributed by atoms with Crippen molar-refractivity contribution in [3.8, 4) is 23.0 Å². The molecule has 24 nitrogen and oxygen atoms in total. The number of phenols is 3. The molecular formula is C49H62N8O16. The van der Waals surface area contributed by atoms with Crippen LogP contribution in [0.3, 0.4) is 0 Å². The van der Waals surface area contributed by atoms with Crippen molar-refractivity contribution in [2.45, 2.75) is 110 Å². The molecule has 4 aromatic rings. The Hall–Kier alpha value is -6.93. The van der Waals surface area contributed by atoms with Crippen LogP contribution < -0.4 is 20.8 Å². The van der Waals surface area contributed by atoms with Crippen molar-refractivity contribution in [3.63, 3.8) is 0 Å². The highest BCUT2D eigenvalue weighted by Gasteiger charge is 2.50. The lowest BCUT2D eigenvalue weighted by Gasteiger charge is -2.38. The summed E-state index contributed by atoms with van der Waals surface area (Å²) in [4.78, 5) is 54.0. The fourth-order valence-corrected chi connectivity index (χ4v) is 9.54. The first kappa shape index (κ1) is 53.9. The van der Waals surface area contributed by atoms with Gasteiger partial charge in [0.15, 0.2) is 29.0 Å². The molecule has 0 aliphatic carbocycles. The molecule has 24 heteroatoms. The van der Waals surface area contributed by atoms with Crippen LogP contribution in [0.1, 0.15) is 76.2 Å². The Labute approximate surface area is 418 Å². The normalized spacial score (nSPS) is 31.1. The largest absolute Gasteiger partial charge is 0.507 e. The number of benzene rings is 2. The lowest BCUT2D eigenvalue weighted by atomic mass is 9.78. The molecule has 2 aromatic heterocycles. The van der Waals surface area contributed by atoms with Crippen molar-refractivity contribution >= 4 is 63.3 Å². The maximum atomic E-state index is 14.7. The van der Waals surface area contributed by atoms with Gasteiger partial charge in [0, 0.05) is 68.2 Å². The third kappa shape index (κ3) is 9.62. The number of anilines is 3. The molecule has 11 N–H and O–H groups in total. The summed E-state index contributed by atoms with van der Waals surface area (Å²) in [5, 5.41) is 98.4. The van der Waals surface area contributed by atoms with Crippen LogP contribution in [0.5, 0.6) is 23.0 Å². The lowest BCUT2D eigenvalue weighted by molar-refractivity contribution is -0.160. The van der Waals surface area contributed by atoms with Gasteiger partial charge in [-0.2, -0.15) is 5.10 Å². The standard InChI is InChI=1S/C49H62N8O16/c1-19-12-11-13-20(2)46(68)54-32-26(16-53-56(9)48-55-33-44(50)51-18-52-45(33)57(48)47-40(66)38(64)28(17-58)72-47)37(63)29-30(39(32)65)36(62)24(6)42-31(29)43(67)49(8,73-42)70-15-14-27(69-10)21(3)41(71-25(7)59)23(5)35(61)22(4)34(19)60/h11-16,18-19,21-23,27-28,34-35,38,40-41,47,58,60-66H,17H2,1-10H3,(H,54,68)(H2,50,51,52)/b12-11+,15-14+,20-13?,53-16+. The van der Waals surface area contributed by atoms with Crippen molar-refractivity contribution in [1.29, 1.82) is 0 Å². The van der Waals surface area contributed by atoms with Crippen molar-refractivity contribution in [2.24, 2.45) is 28.8 Å². The van der Waals surface area contributed by atoms with Gasteiger partial charge >= 0.3 is 11.8 Å². The van der Waals surface area contributed by atoms with E-state index >= 15 is 0 Å². The number of phenolic OH excluding ortho intramolecular Hbond substituents is 3. The monoisotopic (exact) mass is 1020 g/mol. The molecule has 2 aromatic carbocycles. The smallest absolute Gasteiger partial charge is 0.312 e. The van der Waals surface area contributed by atoms with Crippen molar-refractivity contribution in [3.05, 3.63) is 59.2 Å². The first-order valence-electron chi connectivity index (χ1n) is 23.4. The number of carbonyl (C=O) groups is 3. The SMILES string of the molecule is COC1/C=C/OC2(C)Oc3c(C)c(O)c4c(O)c(c(/C=N/N(C)c5nc6c(N)ncnc6n5C5OC(CO)C(O)C5O)c(O)c4c3C2=O)NC(=O)C(C)=C/C=C/C(C)C(O)C(C)C(O)C(C)C(OC(C)=O)C1C. The summed E-state index contributed by atoms with van der Waals surface area (Å²) in [7, 11) is 2.78. The van der Waals surface area contributed by atoms with Crippen LogP contribution in [0, 0.1) is 30.6 Å². The number of carbonyl (C=O) groups excluding carboxylic acids is 3. The molecule has 13 unspecified atom stereocenters. The molecule has 6 heterocycles. The number of aliphatic hydroxyl groups excluding tert-OH is 5. The van der Waals surface area contributed by atoms with Gasteiger partial charge in [-0.05, 0) is 19.9 Å². The van der Waals surface area contributed by atoms with Gasteiger partial charge in [0.25, 0.3) is 11.7 Å². The highest BCUT2D eigenvalue weighted by atomic mass is 16.7. The molecule has 1 saturated heterocycles. The minimum absolute atomic E-state index is 0.0278. The van der Waals surface area contributed by atoms with E-state index in [0.29, 0.717) is 0 Å². The Morgan fingerprint density at radius 2 is 1.67 bits per heavy atom. The molecule has 0 spiro atoms. The maximum Gasteiger partial charge on any atom is 0.312 e. The number of nitrogen functional groups attached to an aromatic ring is 1. The predicted molar refractivity (Wildman–Crippen MR) is 263 cm³/mol. The van der Waals surface area contributed by atoms with Crippen LogP contribution in [0.4, 0.5) is 17.5 Å². The average Bonchev–Trinajstić information content (AvgIpc) is 3.98. The quantitative estimate of drug-likeness (QED) is 0.0418. The third-order valence-electron chi connectivity index (χ3n) is 13.9. The molecule has 394 valence electrons. The maximum absolute atomic E-state index is 14.7. The Kier molecular flexibility index (Phi) is 15.4. The summed E-state index contributed by atoms with van der Waals surface area (Å²) < 4.78 is 30.8. The number of fused-ring (bicyclic) bond motifs is 15. The number of nitrogens with one attached hydrogen (secondary N) is 1. The number of allylic oxidation sites excluding steroid dienone is 2. The molecule has 1 fully saturated rings. The number of ketones is 1. The second kappa shape index (κ2) is 20.9. The molecule has 1 amide bonds. The molecular weight excluding hydrogens is 957 g/mol. The van der Waals surface area contributed by atoms with Crippen molar-refractivity contribution < 1.29 is 78.9 Å². The second-order valence-electron chi connectivity index (χ2n) is 18.8. The van der Waals surface area contributed by atoms with E-state index in [2.05, 4.69) is 25.4 Å². The molecule has 0 saturated carbocycles. The van der Waals surface area contributed by atoms with E-state index in [1.165, 1.54) is 64.6 Å². The van der Waals surface area contributed by atoms with Crippen LogP contribution >= 0.6 is 0 Å². The number of methoxy groups -OCH3 is 1. The van der Waals surface area contributed by atoms with Crippen molar-refractivity contribution in [1.82, 2.24) is 19.5 Å². The number of imidazole rings is 1. The lowest BCUT2D eigenvalue weighted by Crippen LogP contribution is -2.46. The van der Waals surface area contributed by atoms with E-state index in [9.17, 15) is 55.2 Å². The summed E-state index contributed by atoms with van der Waals surface area (Å²) in [6.07, 6.45) is -0.703. The average molecular weight is 1020 g/mol. The highest BCUT2D eigenvalue weighted by molar-refractivity contribution is 6.24. The third-order valence-corrected chi connectivity index (χ3v) is 13.9. The minimum Gasteiger partial charge on any atom is -0.507 e. The number of aromatic nitrogens is 4. The highest BCUT2D eigenvalue weighted by Crippen LogP contribution is 2.55. The van der Waals surface area contributed by atoms with Crippen LogP contribution in [-0.4, -0.2) is 154 Å². The van der Waals surface area contributed by atoms with Crippen LogP contribution in [0.25, 0.3) is 21.9 Å². The van der Waals surface area contributed by atoms with Gasteiger partial charge in [0.05, 0.1) is 59.6 Å². The van der Waals surface area contributed by atoms with E-state index in [-0.39, 0.29) is 45.4 Å². The van der Waals surface area contributed by atoms with Gasteiger partial charge in [-0.3, -0.25) is 19.0 Å². The number of hydrazone groups is 1. The summed E-state index contributed by atoms with van der Waals surface area (Å²) >= 11 is 0. The van der Waals surface area contributed by atoms with Crippen LogP contribution in [0.2, 0.25) is 0 Å². The minimum atomic E-state index is -2.18. The number of hydrogen-bond acceptors (Lipinski definition) is 22. The molecule has 4 aliphatic heterocycles. The fourth-order valence-electron chi connectivity index (χ4n) is 9.54. The molecule has 8 rings (SSSR count). The Balaban J connectivity index is 1.41. The fraction of sp³-hybridized carbons (Fsp3) is 0.490. The summed E-state index contributed by atoms with van der Waals surface area (Å²) in [5.74, 6) is -9.96. The van der Waals surface area contributed by atoms with Crippen molar-refractivity contribution in [2.75, 3.05) is 36.8 Å². The number of amides is 1. The molecule has 13 atom stereocenters. The number of Topliss-reactive ketones (excluding diaryl/α,β-unsaturated/α-hetero) is 1. The number of ether oxygens (including phenoxy) is 5. The van der Waals surface area contributed by atoms with E-state index in [1.54, 1.807) is 33.8 Å². The first-order valence-corrected chi connectivity index (χ1v) is 23.4. The molecule has 5 bridgehead atoms. The summed E-state index contributed by atoms with van der Waals surface area (Å²) in [6.45, 7) is 11.5. The predicted octanol–water partition coefficient (Wildman–Crippen LogP) is 2.56. The Morgan fingerprint density at radius 3 is 2.32 bits per heavy atom. The van der Waals surface area contributed by atoms with Crippen LogP contribution in [0.15, 0.2) is 47.6 Å². The zero-order valence-electron chi connectivity index (χ0n) is 41.8. The second-order valence-corrected chi connectivity index (χ2v) is 18.8. The number of aromatic hydroxyl groups is 3. The van der Waals surface area contributed by atoms with Gasteiger partial charge in [0.1, 0.15) is 48.0 Å². The van der Waals surface area contributed by atoms with Gasteiger partial charge in [-0.25, -0.2) is 20.0 Å². The summed E-state index contributed by atoms with van der Waals surface area (Å²) in [5.41, 5.74) is 4.99. The van der Waals surface area contributed by atoms with Gasteiger partial charge in [-0.1, -0.05) is 45.9 Å². The molecule has 4 aliphatic rings. The number of nitrogens with two attached hydrogens (primary N) is 1. The number of aliphatic hydroxyl groups is 5. The summed E-state index contributed by atoms with van der Waals surface area (Å²) in [6, 6.07) is 0. The zero-order valence-corrected chi connectivity index (χ0v) is 41.8. The Morgan fingerprint density at radius 1 is 0.973 bits per heavy atom. The van der Waals surface area contributed by atoms with Crippen LogP contribution in [-0.2, 0) is 28.5 Å².